The number of amides is 2. The number of primary amides is 1. The number of sulfone groups is 1. The Bertz CT molecular complexity index is 1650. The predicted octanol–water partition coefficient (Wildman–Crippen LogP) is 4.91. The maximum atomic E-state index is 14.7. The number of thiazole rings is 1. The van der Waals surface area contributed by atoms with Gasteiger partial charge in [0.1, 0.15) is 5.56 Å². The highest BCUT2D eigenvalue weighted by molar-refractivity contribution is 7.92. The van der Waals surface area contributed by atoms with Gasteiger partial charge in [0, 0.05) is 16.6 Å². The number of pyridine rings is 1. The number of aryl methyl sites for hydroxylation is 1. The molecule has 202 valence electrons. The van der Waals surface area contributed by atoms with E-state index in [-0.39, 0.29) is 28.5 Å². The predicted molar refractivity (Wildman–Crippen MR) is 146 cm³/mol. The molecule has 0 saturated heterocycles. The third kappa shape index (κ3) is 6.29. The molecule has 0 aliphatic heterocycles. The van der Waals surface area contributed by atoms with Gasteiger partial charge in [-0.3, -0.25) is 9.59 Å². The third-order valence-electron chi connectivity index (χ3n) is 5.72. The summed E-state index contributed by atoms with van der Waals surface area (Å²) in [6.07, 6.45) is 1.26. The number of halogens is 1. The third-order valence-corrected chi connectivity index (χ3v) is 8.78. The van der Waals surface area contributed by atoms with Crippen LogP contribution in [0.3, 0.4) is 0 Å². The minimum atomic E-state index is -3.38. The largest absolute Gasteiger partial charge is 0.435 e. The second-order valence-electron chi connectivity index (χ2n) is 8.85. The lowest BCUT2D eigenvalue weighted by Crippen LogP contribution is -2.14. The van der Waals surface area contributed by atoms with E-state index in [1.54, 1.807) is 38.1 Å². The molecule has 2 aromatic heterocycles. The Morgan fingerprint density at radius 2 is 1.85 bits per heavy atom. The van der Waals surface area contributed by atoms with Crippen LogP contribution in [0.5, 0.6) is 11.6 Å². The van der Waals surface area contributed by atoms with E-state index in [0.29, 0.717) is 16.4 Å². The van der Waals surface area contributed by atoms with Gasteiger partial charge in [-0.25, -0.2) is 22.8 Å². The Labute approximate surface area is 228 Å². The average Bonchev–Trinajstić information content (AvgIpc) is 3.25. The van der Waals surface area contributed by atoms with Gasteiger partial charge in [-0.2, -0.15) is 0 Å². The molecule has 2 amide bonds. The van der Waals surface area contributed by atoms with Gasteiger partial charge >= 0.3 is 0 Å². The fourth-order valence-electron chi connectivity index (χ4n) is 3.64. The molecule has 9 nitrogen and oxygen atoms in total. The van der Waals surface area contributed by atoms with Gasteiger partial charge in [-0.1, -0.05) is 18.2 Å². The highest BCUT2D eigenvalue weighted by atomic mass is 32.2. The second kappa shape index (κ2) is 11.3. The zero-order valence-electron chi connectivity index (χ0n) is 21.3. The molecule has 0 atom stereocenters. The fourth-order valence-corrected chi connectivity index (χ4v) is 5.55. The molecule has 12 heteroatoms. The highest BCUT2D eigenvalue weighted by Crippen LogP contribution is 2.32. The summed E-state index contributed by atoms with van der Waals surface area (Å²) in [7, 11) is -3.38. The van der Waals surface area contributed by atoms with E-state index >= 15 is 0 Å². The van der Waals surface area contributed by atoms with Crippen molar-refractivity contribution in [2.45, 2.75) is 37.3 Å². The van der Waals surface area contributed by atoms with Gasteiger partial charge in [-0.05, 0) is 62.7 Å². The summed E-state index contributed by atoms with van der Waals surface area (Å²) in [5.41, 5.74) is 7.05. The van der Waals surface area contributed by atoms with Crippen LogP contribution in [0.25, 0.3) is 11.3 Å². The number of carbonyl (C=O) groups is 2. The molecule has 0 radical (unpaired) electrons. The molecule has 0 spiro atoms. The molecule has 0 bridgehead atoms. The van der Waals surface area contributed by atoms with Crippen molar-refractivity contribution in [1.82, 2.24) is 9.97 Å². The van der Waals surface area contributed by atoms with E-state index in [4.69, 9.17) is 10.5 Å². The smallest absolute Gasteiger partial charge is 0.254 e. The molecule has 3 N–H and O–H groups in total. The number of benzene rings is 2. The number of rotatable bonds is 9. The van der Waals surface area contributed by atoms with Crippen LogP contribution in [-0.2, 0) is 21.1 Å². The van der Waals surface area contributed by atoms with Gasteiger partial charge in [0.15, 0.2) is 26.5 Å². The molecular formula is C27H25FN4O5S2. The van der Waals surface area contributed by atoms with E-state index in [2.05, 4.69) is 15.3 Å². The van der Waals surface area contributed by atoms with Crippen LogP contribution in [0.15, 0.2) is 65.7 Å². The van der Waals surface area contributed by atoms with E-state index < -0.39 is 32.7 Å². The van der Waals surface area contributed by atoms with Crippen molar-refractivity contribution in [3.05, 3.63) is 82.6 Å². The summed E-state index contributed by atoms with van der Waals surface area (Å²) in [5, 5.41) is 2.56. The number of anilines is 1. The summed E-state index contributed by atoms with van der Waals surface area (Å²) in [5.74, 6) is -2.20. The number of aromatic nitrogens is 2. The number of carbonyl (C=O) groups excluding carboxylic acids is 2. The molecule has 4 rings (SSSR count). The van der Waals surface area contributed by atoms with Crippen molar-refractivity contribution < 1.29 is 27.1 Å². The molecule has 4 aromatic rings. The zero-order valence-corrected chi connectivity index (χ0v) is 22.9. The molecule has 0 saturated carbocycles. The van der Waals surface area contributed by atoms with Crippen molar-refractivity contribution in [2.24, 2.45) is 5.73 Å². The quantitative estimate of drug-likeness (QED) is 0.292. The molecule has 2 heterocycles. The molecule has 0 fully saturated rings. The normalized spacial score (nSPS) is 11.4. The Kier molecular flexibility index (Phi) is 8.07. The molecule has 0 aliphatic carbocycles. The van der Waals surface area contributed by atoms with Crippen LogP contribution in [0.1, 0.15) is 34.6 Å². The first-order chi connectivity index (χ1) is 18.5. The Morgan fingerprint density at radius 3 is 2.49 bits per heavy atom. The number of nitrogens with zero attached hydrogens (tertiary/aromatic N) is 2. The minimum absolute atomic E-state index is 0.00926. The van der Waals surface area contributed by atoms with Crippen LogP contribution in [-0.4, -0.2) is 35.5 Å². The first-order valence-corrected chi connectivity index (χ1v) is 14.1. The highest BCUT2D eigenvalue weighted by Gasteiger charge is 2.20. The van der Waals surface area contributed by atoms with Gasteiger partial charge in [0.2, 0.25) is 11.8 Å². The minimum Gasteiger partial charge on any atom is -0.435 e. The zero-order chi connectivity index (χ0) is 28.3. The van der Waals surface area contributed by atoms with Crippen molar-refractivity contribution in [3.63, 3.8) is 0 Å². The van der Waals surface area contributed by atoms with E-state index in [0.717, 1.165) is 16.5 Å². The maximum Gasteiger partial charge on any atom is 0.254 e. The van der Waals surface area contributed by atoms with Crippen molar-refractivity contribution in [2.75, 3.05) is 5.32 Å². The second-order valence-corrected chi connectivity index (χ2v) is 12.6. The van der Waals surface area contributed by atoms with Crippen LogP contribution < -0.4 is 15.8 Å². The number of nitrogens with one attached hydrogen (secondary N) is 1. The standard InChI is InChI=1S/C27H25FN4O5S2/c1-15(2)39(35,36)19-9-7-18(8-10-19)24-16(3)38-27(32-24)31-23(33)14-17-6-11-22(21(28)13-17)37-26-20(25(29)34)5-4-12-30-26/h4-13,15H,14H2,1-3H3,(H2,29,34)(H,31,32,33). The lowest BCUT2D eigenvalue weighted by Gasteiger charge is -2.09. The van der Waals surface area contributed by atoms with Gasteiger partial charge in [-0.15, -0.1) is 11.3 Å². The molecule has 0 unspecified atom stereocenters. The topological polar surface area (TPSA) is 141 Å². The Balaban J connectivity index is 1.43. The lowest BCUT2D eigenvalue weighted by molar-refractivity contribution is -0.115. The SMILES string of the molecule is Cc1sc(NC(=O)Cc2ccc(Oc3ncccc3C(N)=O)c(F)c2)nc1-c1ccc(S(=O)(=O)C(C)C)cc1. The van der Waals surface area contributed by atoms with Crippen LogP contribution in [0.4, 0.5) is 9.52 Å². The van der Waals surface area contributed by atoms with E-state index in [1.807, 2.05) is 6.92 Å². The molecule has 39 heavy (non-hydrogen) atoms. The molecule has 0 aliphatic rings. The molecular weight excluding hydrogens is 543 g/mol. The number of hydrogen-bond acceptors (Lipinski definition) is 8. The van der Waals surface area contributed by atoms with E-state index in [9.17, 15) is 22.4 Å². The number of nitrogens with two attached hydrogens (primary N) is 1. The van der Waals surface area contributed by atoms with Crippen molar-refractivity contribution >= 4 is 38.1 Å². The maximum absolute atomic E-state index is 14.7. The van der Waals surface area contributed by atoms with E-state index in [1.165, 1.54) is 41.8 Å². The average molecular weight is 569 g/mol. The van der Waals surface area contributed by atoms with Gasteiger partial charge in [0.25, 0.3) is 5.91 Å². The number of ether oxygens (including phenoxy) is 1. The Hall–Kier alpha value is -4.16. The van der Waals surface area contributed by atoms with Gasteiger partial charge in [0.05, 0.1) is 22.3 Å². The van der Waals surface area contributed by atoms with Crippen molar-refractivity contribution in [1.29, 1.82) is 0 Å². The van der Waals surface area contributed by atoms with Crippen LogP contribution >= 0.6 is 11.3 Å². The van der Waals surface area contributed by atoms with Gasteiger partial charge < -0.3 is 15.8 Å². The fraction of sp³-hybridized carbons (Fsp3) is 0.185. The van der Waals surface area contributed by atoms with Crippen LogP contribution in [0.2, 0.25) is 0 Å². The summed E-state index contributed by atoms with van der Waals surface area (Å²) in [6.45, 7) is 5.10. The first kappa shape index (κ1) is 27.9. The van der Waals surface area contributed by atoms with Crippen LogP contribution in [0, 0.1) is 12.7 Å². The first-order valence-electron chi connectivity index (χ1n) is 11.8. The number of hydrogen-bond donors (Lipinski definition) is 2. The summed E-state index contributed by atoms with van der Waals surface area (Å²) >= 11 is 1.27. The monoisotopic (exact) mass is 568 g/mol. The Morgan fingerprint density at radius 1 is 1.13 bits per heavy atom. The lowest BCUT2D eigenvalue weighted by atomic mass is 10.1. The summed E-state index contributed by atoms with van der Waals surface area (Å²) in [4.78, 5) is 33.7. The van der Waals surface area contributed by atoms with Crippen molar-refractivity contribution in [3.8, 4) is 22.9 Å². The summed E-state index contributed by atoms with van der Waals surface area (Å²) < 4.78 is 44.9. The molecule has 2 aromatic carbocycles. The summed E-state index contributed by atoms with van der Waals surface area (Å²) in [6, 6.07) is 13.4.